The van der Waals surface area contributed by atoms with Crippen molar-refractivity contribution < 1.29 is 9.59 Å². The Morgan fingerprint density at radius 2 is 1.71 bits per heavy atom. The molecule has 4 aliphatic carbocycles. The van der Waals surface area contributed by atoms with Crippen molar-refractivity contribution in [3.8, 4) is 0 Å². The molecule has 2 aromatic rings. The first-order valence-corrected chi connectivity index (χ1v) is 11.7. The molecule has 0 radical (unpaired) electrons. The highest BCUT2D eigenvalue weighted by Gasteiger charge is 2.51. The van der Waals surface area contributed by atoms with Crippen molar-refractivity contribution in [3.05, 3.63) is 30.3 Å². The van der Waals surface area contributed by atoms with Crippen LogP contribution >= 0.6 is 0 Å². The largest absolute Gasteiger partial charge is 0.368 e. The van der Waals surface area contributed by atoms with Crippen molar-refractivity contribution in [2.75, 3.05) is 23.7 Å². The number of hydrogen-bond acceptors (Lipinski definition) is 4. The number of fused-ring (bicyclic) bond motifs is 1. The second-order valence-electron chi connectivity index (χ2n) is 10.1. The molecule has 6 rings (SSSR count). The molecular formula is C25H32N4O2. The number of carbonyl (C=O) groups excluding carboxylic acids is 2. The molecule has 4 bridgehead atoms. The number of amides is 2. The molecule has 6 nitrogen and oxygen atoms in total. The van der Waals surface area contributed by atoms with Gasteiger partial charge in [-0.25, -0.2) is 4.98 Å². The Balaban J connectivity index is 1.31. The fraction of sp³-hybridized carbons (Fsp3) is 0.560. The van der Waals surface area contributed by atoms with E-state index < -0.39 is 0 Å². The van der Waals surface area contributed by atoms with Gasteiger partial charge in [-0.15, -0.1) is 0 Å². The number of carbonyl (C=O) groups is 2. The molecule has 6 heteroatoms. The van der Waals surface area contributed by atoms with Crippen LogP contribution in [0.4, 0.5) is 11.5 Å². The van der Waals surface area contributed by atoms with E-state index >= 15 is 0 Å². The van der Waals surface area contributed by atoms with Crippen LogP contribution in [0.15, 0.2) is 30.3 Å². The van der Waals surface area contributed by atoms with E-state index in [-0.39, 0.29) is 17.2 Å². The Morgan fingerprint density at radius 3 is 2.39 bits per heavy atom. The molecule has 0 saturated heterocycles. The van der Waals surface area contributed by atoms with Gasteiger partial charge in [0.2, 0.25) is 11.8 Å². The molecule has 1 aromatic carbocycles. The predicted octanol–water partition coefficient (Wildman–Crippen LogP) is 4.33. The quantitative estimate of drug-likeness (QED) is 0.582. The van der Waals surface area contributed by atoms with E-state index in [1.807, 2.05) is 30.3 Å². The third-order valence-electron chi connectivity index (χ3n) is 7.50. The third-order valence-corrected chi connectivity index (χ3v) is 7.50. The van der Waals surface area contributed by atoms with Crippen LogP contribution in [-0.2, 0) is 9.59 Å². The highest BCUT2D eigenvalue weighted by molar-refractivity contribution is 6.02. The van der Waals surface area contributed by atoms with Crippen molar-refractivity contribution >= 4 is 34.2 Å². The molecular weight excluding hydrogens is 388 g/mol. The van der Waals surface area contributed by atoms with Gasteiger partial charge in [-0.1, -0.05) is 18.2 Å². The zero-order valence-corrected chi connectivity index (χ0v) is 18.2. The molecule has 164 valence electrons. The SMILES string of the molecule is CC(=O)NCCNc1cc(NC(=O)CC23CC4CC(CC(C4)C2)C3)c2ccccc2n1. The van der Waals surface area contributed by atoms with Crippen LogP contribution in [0.1, 0.15) is 51.9 Å². The zero-order chi connectivity index (χ0) is 21.4. The molecule has 3 N–H and O–H groups in total. The van der Waals surface area contributed by atoms with E-state index in [1.165, 1.54) is 45.4 Å². The van der Waals surface area contributed by atoms with E-state index in [0.717, 1.165) is 34.3 Å². The van der Waals surface area contributed by atoms with Gasteiger partial charge in [0.1, 0.15) is 5.82 Å². The van der Waals surface area contributed by atoms with Crippen LogP contribution in [0.5, 0.6) is 0 Å². The Hall–Kier alpha value is -2.63. The lowest BCUT2D eigenvalue weighted by Gasteiger charge is -2.56. The van der Waals surface area contributed by atoms with Gasteiger partial charge in [-0.3, -0.25) is 9.59 Å². The first-order valence-electron chi connectivity index (χ1n) is 11.7. The molecule has 31 heavy (non-hydrogen) atoms. The van der Waals surface area contributed by atoms with Crippen LogP contribution in [0.25, 0.3) is 10.9 Å². The number of benzene rings is 1. The van der Waals surface area contributed by atoms with E-state index in [1.54, 1.807) is 0 Å². The highest BCUT2D eigenvalue weighted by Crippen LogP contribution is 2.61. The van der Waals surface area contributed by atoms with Crippen molar-refractivity contribution in [1.82, 2.24) is 10.3 Å². The van der Waals surface area contributed by atoms with Crippen molar-refractivity contribution in [2.45, 2.75) is 51.9 Å². The number of aromatic nitrogens is 1. The average molecular weight is 421 g/mol. The summed E-state index contributed by atoms with van der Waals surface area (Å²) >= 11 is 0. The summed E-state index contributed by atoms with van der Waals surface area (Å²) in [4.78, 5) is 28.9. The maximum absolute atomic E-state index is 13.2. The summed E-state index contributed by atoms with van der Waals surface area (Å²) in [7, 11) is 0. The van der Waals surface area contributed by atoms with Gasteiger partial charge >= 0.3 is 0 Å². The average Bonchev–Trinajstić information content (AvgIpc) is 2.69. The summed E-state index contributed by atoms with van der Waals surface area (Å²) in [6.07, 6.45) is 8.52. The summed E-state index contributed by atoms with van der Waals surface area (Å²) in [6, 6.07) is 9.81. The minimum absolute atomic E-state index is 0.0501. The lowest BCUT2D eigenvalue weighted by atomic mass is 9.49. The summed E-state index contributed by atoms with van der Waals surface area (Å²) < 4.78 is 0. The van der Waals surface area contributed by atoms with Crippen LogP contribution in [0.2, 0.25) is 0 Å². The normalized spacial score (nSPS) is 28.5. The number of hydrogen-bond donors (Lipinski definition) is 3. The Labute approximate surface area is 183 Å². The van der Waals surface area contributed by atoms with Gasteiger partial charge in [0.15, 0.2) is 0 Å². The molecule has 4 fully saturated rings. The maximum atomic E-state index is 13.2. The first-order chi connectivity index (χ1) is 15.0. The maximum Gasteiger partial charge on any atom is 0.224 e. The Kier molecular flexibility index (Phi) is 5.32. The topological polar surface area (TPSA) is 83.1 Å². The van der Waals surface area contributed by atoms with Crippen LogP contribution in [-0.4, -0.2) is 29.9 Å². The zero-order valence-electron chi connectivity index (χ0n) is 18.2. The number of rotatable bonds is 7. The third kappa shape index (κ3) is 4.39. The number of nitrogens with zero attached hydrogens (tertiary/aromatic N) is 1. The summed E-state index contributed by atoms with van der Waals surface area (Å²) in [6.45, 7) is 2.61. The molecule has 0 unspecified atom stereocenters. The number of nitrogens with one attached hydrogen (secondary N) is 3. The number of anilines is 2. The fourth-order valence-corrected chi connectivity index (χ4v) is 6.84. The van der Waals surface area contributed by atoms with E-state index in [0.29, 0.717) is 25.3 Å². The summed E-state index contributed by atoms with van der Waals surface area (Å²) in [5.41, 5.74) is 1.88. The second kappa shape index (κ2) is 8.13. The molecule has 2 amide bonds. The Bertz CT molecular complexity index is 967. The molecule has 0 atom stereocenters. The fourth-order valence-electron chi connectivity index (χ4n) is 6.84. The second-order valence-corrected chi connectivity index (χ2v) is 10.1. The minimum atomic E-state index is -0.0501. The van der Waals surface area contributed by atoms with E-state index in [9.17, 15) is 9.59 Å². The highest BCUT2D eigenvalue weighted by atomic mass is 16.2. The van der Waals surface area contributed by atoms with Gasteiger partial charge < -0.3 is 16.0 Å². The van der Waals surface area contributed by atoms with Gasteiger partial charge in [0, 0.05) is 37.9 Å². The molecule has 1 heterocycles. The van der Waals surface area contributed by atoms with Gasteiger partial charge in [0.25, 0.3) is 0 Å². The van der Waals surface area contributed by atoms with E-state index in [2.05, 4.69) is 20.9 Å². The molecule has 4 saturated carbocycles. The van der Waals surface area contributed by atoms with Crippen LogP contribution in [0, 0.1) is 23.2 Å². The Morgan fingerprint density at radius 1 is 1.03 bits per heavy atom. The molecule has 0 spiro atoms. The first kappa shape index (κ1) is 20.3. The molecule has 4 aliphatic rings. The van der Waals surface area contributed by atoms with Crippen molar-refractivity contribution in [3.63, 3.8) is 0 Å². The minimum Gasteiger partial charge on any atom is -0.368 e. The lowest BCUT2D eigenvalue weighted by Crippen LogP contribution is -2.47. The van der Waals surface area contributed by atoms with Crippen molar-refractivity contribution in [1.29, 1.82) is 0 Å². The van der Waals surface area contributed by atoms with Gasteiger partial charge in [-0.05, 0) is 67.8 Å². The number of pyridine rings is 1. The van der Waals surface area contributed by atoms with Crippen molar-refractivity contribution in [2.24, 2.45) is 23.2 Å². The van der Waals surface area contributed by atoms with Crippen LogP contribution in [0.3, 0.4) is 0 Å². The standard InChI is InChI=1S/C25H32N4O2/c1-16(30)26-6-7-27-23-11-22(20-4-2-3-5-21(20)28-23)29-24(31)15-25-12-17-8-18(13-25)10-19(9-17)14-25/h2-5,11,17-19H,6-10,12-15H2,1H3,(H,26,30)(H2,27,28,29,31). The monoisotopic (exact) mass is 420 g/mol. The van der Waals surface area contributed by atoms with E-state index in [4.69, 9.17) is 0 Å². The van der Waals surface area contributed by atoms with Gasteiger partial charge in [0.05, 0.1) is 11.2 Å². The number of para-hydroxylation sites is 1. The van der Waals surface area contributed by atoms with Crippen LogP contribution < -0.4 is 16.0 Å². The smallest absolute Gasteiger partial charge is 0.224 e. The predicted molar refractivity (Wildman–Crippen MR) is 123 cm³/mol. The van der Waals surface area contributed by atoms with Gasteiger partial charge in [-0.2, -0.15) is 0 Å². The molecule has 1 aromatic heterocycles. The lowest BCUT2D eigenvalue weighted by molar-refractivity contribution is -0.124. The summed E-state index contributed by atoms with van der Waals surface area (Å²) in [5.74, 6) is 3.32. The summed E-state index contributed by atoms with van der Waals surface area (Å²) in [5, 5.41) is 10.2. The molecule has 0 aliphatic heterocycles.